The lowest BCUT2D eigenvalue weighted by molar-refractivity contribution is -0.122. The third-order valence-corrected chi connectivity index (χ3v) is 5.54. The number of hydrogen-bond acceptors (Lipinski definition) is 4. The summed E-state index contributed by atoms with van der Waals surface area (Å²) < 4.78 is 31.3. The van der Waals surface area contributed by atoms with Gasteiger partial charge in [0.2, 0.25) is 15.9 Å². The van der Waals surface area contributed by atoms with Gasteiger partial charge in [0.05, 0.1) is 18.6 Å². The maximum absolute atomic E-state index is 12.8. The van der Waals surface area contributed by atoms with Gasteiger partial charge >= 0.3 is 0 Å². The first-order chi connectivity index (χ1) is 13.3. The normalized spacial score (nSPS) is 12.3. The predicted molar refractivity (Wildman–Crippen MR) is 112 cm³/mol. The van der Waals surface area contributed by atoms with Gasteiger partial charge in [-0.3, -0.25) is 9.10 Å². The fourth-order valence-electron chi connectivity index (χ4n) is 2.83. The summed E-state index contributed by atoms with van der Waals surface area (Å²) in [6, 6.07) is 12.9. The van der Waals surface area contributed by atoms with Gasteiger partial charge in [0.25, 0.3) is 0 Å². The van der Waals surface area contributed by atoms with E-state index in [0.717, 1.165) is 21.9 Å². The van der Waals surface area contributed by atoms with Crippen LogP contribution in [0.3, 0.4) is 0 Å². The van der Waals surface area contributed by atoms with E-state index in [1.165, 1.54) is 0 Å². The first-order valence-corrected chi connectivity index (χ1v) is 11.2. The highest BCUT2D eigenvalue weighted by Gasteiger charge is 2.31. The minimum absolute atomic E-state index is 0.292. The van der Waals surface area contributed by atoms with Crippen LogP contribution in [0.1, 0.15) is 25.8 Å². The molecule has 2 rings (SSSR count). The molecule has 0 radical (unpaired) electrons. The minimum Gasteiger partial charge on any atom is -0.494 e. The highest BCUT2D eigenvalue weighted by atomic mass is 35.5. The molecule has 0 bridgehead atoms. The molecule has 0 spiro atoms. The van der Waals surface area contributed by atoms with Crippen LogP contribution in [0.2, 0.25) is 5.02 Å². The summed E-state index contributed by atoms with van der Waals surface area (Å²) in [7, 11) is -3.67. The van der Waals surface area contributed by atoms with E-state index in [2.05, 4.69) is 5.32 Å². The van der Waals surface area contributed by atoms with E-state index >= 15 is 0 Å². The third kappa shape index (κ3) is 5.87. The summed E-state index contributed by atoms with van der Waals surface area (Å²) in [5.41, 5.74) is 1.29. The number of halogens is 1. The van der Waals surface area contributed by atoms with Gasteiger partial charge in [0.15, 0.2) is 0 Å². The van der Waals surface area contributed by atoms with Crippen molar-refractivity contribution < 1.29 is 17.9 Å². The Bertz CT molecular complexity index is 883. The molecule has 0 heterocycles. The number of hydrogen-bond donors (Lipinski definition) is 1. The Labute approximate surface area is 171 Å². The van der Waals surface area contributed by atoms with Crippen LogP contribution in [-0.2, 0) is 21.4 Å². The Kier molecular flexibility index (Phi) is 7.71. The van der Waals surface area contributed by atoms with Gasteiger partial charge in [-0.1, -0.05) is 30.7 Å². The van der Waals surface area contributed by atoms with Crippen LogP contribution in [0.15, 0.2) is 48.5 Å². The molecule has 1 amide bonds. The molecular formula is C20H25ClN2O4S. The van der Waals surface area contributed by atoms with Crippen molar-refractivity contribution in [2.45, 2.75) is 32.9 Å². The smallest absolute Gasteiger partial charge is 0.244 e. The van der Waals surface area contributed by atoms with Crippen LogP contribution >= 0.6 is 11.6 Å². The number of anilines is 1. The predicted octanol–water partition coefficient (Wildman–Crippen LogP) is 3.60. The molecule has 1 N–H and O–H groups in total. The number of amides is 1. The van der Waals surface area contributed by atoms with Crippen LogP contribution in [0.5, 0.6) is 5.75 Å². The van der Waals surface area contributed by atoms with Crippen LogP contribution < -0.4 is 14.4 Å². The fourth-order valence-corrected chi connectivity index (χ4v) is 4.16. The first kappa shape index (κ1) is 22.0. The number of carbonyl (C=O) groups excluding carboxylic acids is 1. The Morgan fingerprint density at radius 2 is 1.71 bits per heavy atom. The molecule has 0 fully saturated rings. The van der Waals surface area contributed by atoms with Gasteiger partial charge in [-0.05, 0) is 55.3 Å². The number of ether oxygens (including phenoxy) is 1. The van der Waals surface area contributed by atoms with Crippen molar-refractivity contribution in [3.8, 4) is 5.75 Å². The molecule has 0 aliphatic heterocycles. The Morgan fingerprint density at radius 3 is 2.21 bits per heavy atom. The summed E-state index contributed by atoms with van der Waals surface area (Å²) in [6.45, 7) is 4.56. The molecule has 0 aliphatic carbocycles. The van der Waals surface area contributed by atoms with E-state index in [4.69, 9.17) is 16.3 Å². The van der Waals surface area contributed by atoms with Gasteiger partial charge in [-0.25, -0.2) is 8.42 Å². The molecular weight excluding hydrogens is 400 g/mol. The van der Waals surface area contributed by atoms with E-state index < -0.39 is 16.1 Å². The van der Waals surface area contributed by atoms with Crippen LogP contribution in [0.25, 0.3) is 0 Å². The minimum atomic E-state index is -3.67. The zero-order valence-corrected chi connectivity index (χ0v) is 17.8. The molecule has 2 aromatic rings. The van der Waals surface area contributed by atoms with Crippen molar-refractivity contribution in [3.05, 3.63) is 59.1 Å². The number of carbonyl (C=O) groups is 1. The fraction of sp³-hybridized carbons (Fsp3) is 0.350. The van der Waals surface area contributed by atoms with E-state index in [1.54, 1.807) is 31.2 Å². The Hall–Kier alpha value is -2.25. The van der Waals surface area contributed by atoms with Crippen molar-refractivity contribution in [1.29, 1.82) is 0 Å². The summed E-state index contributed by atoms with van der Waals surface area (Å²) in [5.74, 6) is 0.395. The monoisotopic (exact) mass is 424 g/mol. The summed E-state index contributed by atoms with van der Waals surface area (Å²) in [4.78, 5) is 12.8. The average Bonchev–Trinajstić information content (AvgIpc) is 2.65. The largest absolute Gasteiger partial charge is 0.494 e. The van der Waals surface area contributed by atoms with E-state index in [9.17, 15) is 13.2 Å². The highest BCUT2D eigenvalue weighted by molar-refractivity contribution is 7.92. The van der Waals surface area contributed by atoms with Crippen molar-refractivity contribution in [2.75, 3.05) is 17.2 Å². The number of nitrogens with one attached hydrogen (secondary N) is 1. The molecule has 152 valence electrons. The standard InChI is InChI=1S/C20H25ClN2O4S/c1-4-19(23(28(3,25)26)17-10-8-16(21)9-11-17)20(24)22-14-15-6-12-18(13-7-15)27-5-2/h6-13,19H,4-5,14H2,1-3H3,(H,22,24)/t19-/m1/s1. The maximum Gasteiger partial charge on any atom is 0.244 e. The highest BCUT2D eigenvalue weighted by Crippen LogP contribution is 2.24. The second kappa shape index (κ2) is 9.80. The first-order valence-electron chi connectivity index (χ1n) is 9.00. The molecule has 0 aromatic heterocycles. The van der Waals surface area contributed by atoms with Crippen LogP contribution in [0, 0.1) is 0 Å². The van der Waals surface area contributed by atoms with E-state index in [1.807, 2.05) is 31.2 Å². The molecule has 6 nitrogen and oxygen atoms in total. The van der Waals surface area contributed by atoms with Crippen LogP contribution in [0.4, 0.5) is 5.69 Å². The third-order valence-electron chi connectivity index (χ3n) is 4.11. The molecule has 8 heteroatoms. The molecule has 28 heavy (non-hydrogen) atoms. The van der Waals surface area contributed by atoms with Crippen LogP contribution in [-0.4, -0.2) is 33.2 Å². The van der Waals surface area contributed by atoms with E-state index in [0.29, 0.717) is 30.3 Å². The van der Waals surface area contributed by atoms with Crippen molar-refractivity contribution >= 4 is 33.2 Å². The SMILES string of the molecule is CCOc1ccc(CNC(=O)[C@@H](CC)N(c2ccc(Cl)cc2)S(C)(=O)=O)cc1. The van der Waals surface area contributed by atoms with Gasteiger partial charge in [-0.15, -0.1) is 0 Å². The average molecular weight is 425 g/mol. The number of benzene rings is 2. The van der Waals surface area contributed by atoms with Gasteiger partial charge < -0.3 is 10.1 Å². The molecule has 0 saturated heterocycles. The molecule has 1 atom stereocenters. The second-order valence-corrected chi connectivity index (χ2v) is 8.55. The van der Waals surface area contributed by atoms with Crippen molar-refractivity contribution in [2.24, 2.45) is 0 Å². The van der Waals surface area contributed by atoms with Gasteiger partial charge in [-0.2, -0.15) is 0 Å². The quantitative estimate of drug-likeness (QED) is 0.667. The topological polar surface area (TPSA) is 75.7 Å². The van der Waals surface area contributed by atoms with Crippen molar-refractivity contribution in [3.63, 3.8) is 0 Å². The Balaban J connectivity index is 2.16. The number of nitrogens with zero attached hydrogens (tertiary/aromatic N) is 1. The maximum atomic E-state index is 12.8. The number of sulfonamides is 1. The molecule has 2 aromatic carbocycles. The van der Waals surface area contributed by atoms with Gasteiger partial charge in [0, 0.05) is 11.6 Å². The van der Waals surface area contributed by atoms with Gasteiger partial charge in [0.1, 0.15) is 11.8 Å². The Morgan fingerprint density at radius 1 is 1.11 bits per heavy atom. The lowest BCUT2D eigenvalue weighted by Crippen LogP contribution is -2.49. The zero-order chi connectivity index (χ0) is 20.7. The van der Waals surface area contributed by atoms with Crippen molar-refractivity contribution in [1.82, 2.24) is 5.32 Å². The van der Waals surface area contributed by atoms with E-state index in [-0.39, 0.29) is 5.91 Å². The summed E-state index contributed by atoms with van der Waals surface area (Å²) in [5, 5.41) is 3.31. The molecule has 0 aliphatic rings. The number of rotatable bonds is 9. The second-order valence-electron chi connectivity index (χ2n) is 6.25. The molecule has 0 saturated carbocycles. The molecule has 0 unspecified atom stereocenters. The summed E-state index contributed by atoms with van der Waals surface area (Å²) in [6.07, 6.45) is 1.41. The summed E-state index contributed by atoms with van der Waals surface area (Å²) >= 11 is 5.90. The lowest BCUT2D eigenvalue weighted by Gasteiger charge is -2.30. The lowest BCUT2D eigenvalue weighted by atomic mass is 10.1. The zero-order valence-electron chi connectivity index (χ0n) is 16.2.